The monoisotopic (exact) mass is 437 g/mol. The summed E-state index contributed by atoms with van der Waals surface area (Å²) in [6, 6.07) is 9.86. The van der Waals surface area contributed by atoms with E-state index in [9.17, 15) is 9.59 Å². The number of furan rings is 1. The molecule has 2 aliphatic carbocycles. The number of carbonyl (C=O) groups excluding carboxylic acids is 2. The van der Waals surface area contributed by atoms with Crippen LogP contribution in [0.4, 0.5) is 0 Å². The number of likely N-dealkylation sites (N-methyl/N-ethyl adjacent to an activating group) is 1. The molecule has 1 saturated carbocycles. The van der Waals surface area contributed by atoms with Crippen LogP contribution in [-0.4, -0.2) is 42.6 Å². The van der Waals surface area contributed by atoms with Gasteiger partial charge >= 0.3 is 11.9 Å². The molecule has 1 aromatic heterocycles. The quantitative estimate of drug-likeness (QED) is 0.523. The fourth-order valence-corrected chi connectivity index (χ4v) is 7.30. The minimum Gasteiger partial charge on any atom is -0.497 e. The Morgan fingerprint density at radius 2 is 2.03 bits per heavy atom. The Kier molecular flexibility index (Phi) is 4.61. The number of methoxy groups -OCH3 is 1. The molecule has 170 valence electrons. The zero-order valence-electron chi connectivity index (χ0n) is 19.4. The lowest BCUT2D eigenvalue weighted by Crippen LogP contribution is -2.79. The van der Waals surface area contributed by atoms with Crippen molar-refractivity contribution in [2.24, 2.45) is 11.3 Å². The van der Waals surface area contributed by atoms with Crippen LogP contribution < -0.4 is 4.74 Å². The van der Waals surface area contributed by atoms with Crippen LogP contribution in [0.15, 0.2) is 41.0 Å². The Labute approximate surface area is 188 Å². The number of hydrogen-bond donors (Lipinski definition) is 0. The van der Waals surface area contributed by atoms with Gasteiger partial charge in [0.2, 0.25) is 5.76 Å². The van der Waals surface area contributed by atoms with Crippen LogP contribution in [0.5, 0.6) is 5.75 Å². The van der Waals surface area contributed by atoms with Crippen molar-refractivity contribution in [1.29, 1.82) is 0 Å². The summed E-state index contributed by atoms with van der Waals surface area (Å²) < 4.78 is 16.0. The maximum Gasteiger partial charge on any atom is 0.381 e. The first kappa shape index (κ1) is 21.3. The molecule has 0 amide bonds. The summed E-state index contributed by atoms with van der Waals surface area (Å²) in [5.41, 5.74) is 2.12. The molecule has 6 nitrogen and oxygen atoms in total. The SMILES string of the molecule is CCC12C[C@]3(C)c4ccc(OC)cc4CC(N1C)[C@]3(C)CC2C(=O)OC(=O)c1ccco1. The van der Waals surface area contributed by atoms with Crippen molar-refractivity contribution in [3.05, 3.63) is 53.5 Å². The Balaban J connectivity index is 1.54. The van der Waals surface area contributed by atoms with Crippen molar-refractivity contribution < 1.29 is 23.5 Å². The smallest absolute Gasteiger partial charge is 0.381 e. The van der Waals surface area contributed by atoms with Gasteiger partial charge < -0.3 is 13.9 Å². The normalized spacial score (nSPS) is 35.3. The highest BCUT2D eigenvalue weighted by Crippen LogP contribution is 2.68. The van der Waals surface area contributed by atoms with Crippen molar-refractivity contribution in [2.45, 2.75) is 63.5 Å². The lowest BCUT2D eigenvalue weighted by Gasteiger charge is -2.73. The molecular formula is C26H31NO5. The van der Waals surface area contributed by atoms with Crippen LogP contribution in [0, 0.1) is 11.3 Å². The Morgan fingerprint density at radius 3 is 2.69 bits per heavy atom. The van der Waals surface area contributed by atoms with Gasteiger partial charge in [-0.1, -0.05) is 26.8 Å². The number of ether oxygens (including phenoxy) is 2. The molecule has 32 heavy (non-hydrogen) atoms. The fraction of sp³-hybridized carbons (Fsp3) is 0.538. The number of carbonyl (C=O) groups is 2. The zero-order chi connectivity index (χ0) is 22.9. The number of piperidine rings is 2. The van der Waals surface area contributed by atoms with E-state index in [1.807, 2.05) is 6.07 Å². The predicted octanol–water partition coefficient (Wildman–Crippen LogP) is 4.36. The average molecular weight is 438 g/mol. The molecule has 0 radical (unpaired) electrons. The van der Waals surface area contributed by atoms with E-state index in [2.05, 4.69) is 44.9 Å². The van der Waals surface area contributed by atoms with Crippen LogP contribution >= 0.6 is 0 Å². The van der Waals surface area contributed by atoms with Gasteiger partial charge in [-0.2, -0.15) is 0 Å². The summed E-state index contributed by atoms with van der Waals surface area (Å²) >= 11 is 0. The molecule has 6 rings (SSSR count). The van der Waals surface area contributed by atoms with E-state index in [-0.39, 0.29) is 28.0 Å². The van der Waals surface area contributed by atoms with E-state index in [0.717, 1.165) is 25.0 Å². The standard InChI is InChI=1S/C26H31NO5/c1-6-26-15-25(3)18-10-9-17(30-5)12-16(18)13-21(27(26)4)24(25,2)14-19(26)22(28)32-23(29)20-8-7-11-31-20/h7-12,19,21H,6,13-15H2,1-5H3/t19?,21?,24-,25+,26?/m0/s1. The molecule has 0 spiro atoms. The van der Waals surface area contributed by atoms with Gasteiger partial charge in [-0.05, 0) is 73.5 Å². The van der Waals surface area contributed by atoms with E-state index in [4.69, 9.17) is 13.9 Å². The second-order valence-corrected chi connectivity index (χ2v) is 10.2. The van der Waals surface area contributed by atoms with Gasteiger partial charge in [-0.25, -0.2) is 4.79 Å². The predicted molar refractivity (Wildman–Crippen MR) is 119 cm³/mol. The minimum absolute atomic E-state index is 0.0520. The third-order valence-electron chi connectivity index (χ3n) is 9.23. The third-order valence-corrected chi connectivity index (χ3v) is 9.23. The second kappa shape index (κ2) is 6.95. The van der Waals surface area contributed by atoms with Crippen LogP contribution in [0.3, 0.4) is 0 Å². The Bertz CT molecular complexity index is 1080. The molecule has 2 aromatic rings. The van der Waals surface area contributed by atoms with E-state index >= 15 is 0 Å². The molecule has 1 aromatic carbocycles. The van der Waals surface area contributed by atoms with Gasteiger partial charge in [0.1, 0.15) is 5.75 Å². The highest BCUT2D eigenvalue weighted by molar-refractivity contribution is 5.96. The van der Waals surface area contributed by atoms with E-state index < -0.39 is 11.9 Å². The van der Waals surface area contributed by atoms with Gasteiger partial charge in [-0.3, -0.25) is 9.69 Å². The number of fused-ring (bicyclic) bond motifs is 2. The third kappa shape index (κ3) is 2.56. The maximum absolute atomic E-state index is 13.4. The molecule has 5 atom stereocenters. The van der Waals surface area contributed by atoms with Crippen molar-refractivity contribution in [1.82, 2.24) is 4.90 Å². The minimum atomic E-state index is -0.718. The Morgan fingerprint density at radius 1 is 1.25 bits per heavy atom. The van der Waals surface area contributed by atoms with Gasteiger partial charge in [0, 0.05) is 17.0 Å². The number of hydrogen-bond acceptors (Lipinski definition) is 6. The van der Waals surface area contributed by atoms with Gasteiger partial charge in [0.25, 0.3) is 0 Å². The fourth-order valence-electron chi connectivity index (χ4n) is 7.30. The van der Waals surface area contributed by atoms with Crippen LogP contribution in [-0.2, 0) is 21.4 Å². The molecule has 6 heteroatoms. The van der Waals surface area contributed by atoms with Crippen LogP contribution in [0.2, 0.25) is 0 Å². The van der Waals surface area contributed by atoms with Crippen molar-refractivity contribution >= 4 is 11.9 Å². The summed E-state index contributed by atoms with van der Waals surface area (Å²) in [7, 11) is 3.85. The van der Waals surface area contributed by atoms with Gasteiger partial charge in [-0.15, -0.1) is 0 Å². The van der Waals surface area contributed by atoms with Crippen LogP contribution in [0.25, 0.3) is 0 Å². The molecule has 2 saturated heterocycles. The molecule has 4 bridgehead atoms. The molecule has 3 unspecified atom stereocenters. The summed E-state index contributed by atoms with van der Waals surface area (Å²) in [6.07, 6.45) is 4.67. The summed E-state index contributed by atoms with van der Waals surface area (Å²) in [5, 5.41) is 0. The molecule has 3 heterocycles. The highest BCUT2D eigenvalue weighted by Gasteiger charge is 2.71. The number of nitrogens with zero attached hydrogens (tertiary/aromatic N) is 1. The average Bonchev–Trinajstić information content (AvgIpc) is 3.32. The maximum atomic E-state index is 13.4. The van der Waals surface area contributed by atoms with E-state index in [0.29, 0.717) is 12.5 Å². The number of benzene rings is 1. The summed E-state index contributed by atoms with van der Waals surface area (Å²) in [5.74, 6) is -0.596. The van der Waals surface area contributed by atoms with E-state index in [1.165, 1.54) is 23.5 Å². The molecule has 4 aliphatic rings. The lowest BCUT2D eigenvalue weighted by molar-refractivity contribution is -0.210. The van der Waals surface area contributed by atoms with Crippen molar-refractivity contribution in [3.63, 3.8) is 0 Å². The highest BCUT2D eigenvalue weighted by atomic mass is 16.6. The summed E-state index contributed by atoms with van der Waals surface area (Å²) in [4.78, 5) is 28.2. The zero-order valence-corrected chi connectivity index (χ0v) is 19.4. The van der Waals surface area contributed by atoms with Gasteiger partial charge in [0.15, 0.2) is 0 Å². The first-order valence-corrected chi connectivity index (χ1v) is 11.4. The van der Waals surface area contributed by atoms with Crippen molar-refractivity contribution in [3.8, 4) is 5.75 Å². The van der Waals surface area contributed by atoms with Crippen molar-refractivity contribution in [2.75, 3.05) is 14.2 Å². The number of esters is 2. The molecular weight excluding hydrogens is 406 g/mol. The Hall–Kier alpha value is -2.60. The molecule has 0 N–H and O–H groups in total. The molecule has 3 fully saturated rings. The van der Waals surface area contributed by atoms with E-state index in [1.54, 1.807) is 13.2 Å². The second-order valence-electron chi connectivity index (χ2n) is 10.2. The van der Waals surface area contributed by atoms with Crippen LogP contribution in [0.1, 0.15) is 61.7 Å². The number of rotatable bonds is 4. The largest absolute Gasteiger partial charge is 0.497 e. The topological polar surface area (TPSA) is 69.0 Å². The first-order valence-electron chi connectivity index (χ1n) is 11.4. The first-order chi connectivity index (χ1) is 15.2. The molecule has 2 aliphatic heterocycles. The summed E-state index contributed by atoms with van der Waals surface area (Å²) in [6.45, 7) is 6.82. The lowest BCUT2D eigenvalue weighted by atomic mass is 9.39. The van der Waals surface area contributed by atoms with Gasteiger partial charge in [0.05, 0.1) is 19.3 Å².